The van der Waals surface area contributed by atoms with Crippen LogP contribution in [-0.2, 0) is 6.42 Å². The van der Waals surface area contributed by atoms with Gasteiger partial charge in [-0.3, -0.25) is 0 Å². The van der Waals surface area contributed by atoms with Crippen LogP contribution in [0.3, 0.4) is 0 Å². The third-order valence-electron chi connectivity index (χ3n) is 6.33. The van der Waals surface area contributed by atoms with E-state index in [1.54, 1.807) is 0 Å². The van der Waals surface area contributed by atoms with Crippen molar-refractivity contribution in [3.05, 3.63) is 57.3 Å². The minimum Gasteiger partial charge on any atom is -0.388 e. The van der Waals surface area contributed by atoms with E-state index in [1.807, 2.05) is 11.3 Å². The van der Waals surface area contributed by atoms with E-state index in [0.29, 0.717) is 5.92 Å². The SMILES string of the molecule is CCCCCC(O)c1ccc([C@@H]2[C@@H](CCCc3ccc(C)s3)CCC2(Cl)Cl)cc1. The number of aliphatic hydroxyl groups is 1. The molecule has 29 heavy (non-hydrogen) atoms. The first-order chi connectivity index (χ1) is 13.9. The second-order valence-corrected chi connectivity index (χ2v) is 11.5. The van der Waals surface area contributed by atoms with Gasteiger partial charge in [-0.05, 0) is 74.6 Å². The van der Waals surface area contributed by atoms with Gasteiger partial charge in [0.1, 0.15) is 4.33 Å². The first-order valence-electron chi connectivity index (χ1n) is 11.1. The second-order valence-electron chi connectivity index (χ2n) is 8.62. The second kappa shape index (κ2) is 10.7. The maximum Gasteiger partial charge on any atom is 0.125 e. The molecule has 1 unspecified atom stereocenters. The molecule has 3 rings (SSSR count). The molecule has 0 bridgehead atoms. The lowest BCUT2D eigenvalue weighted by Gasteiger charge is -2.28. The van der Waals surface area contributed by atoms with E-state index in [-0.39, 0.29) is 12.0 Å². The van der Waals surface area contributed by atoms with Gasteiger partial charge in [-0.15, -0.1) is 34.5 Å². The van der Waals surface area contributed by atoms with Gasteiger partial charge in [0.2, 0.25) is 0 Å². The van der Waals surface area contributed by atoms with Crippen LogP contribution in [0.5, 0.6) is 0 Å². The molecule has 1 aliphatic carbocycles. The molecule has 1 aromatic heterocycles. The molecule has 0 radical (unpaired) electrons. The third kappa shape index (κ3) is 6.23. The summed E-state index contributed by atoms with van der Waals surface area (Å²) in [6.45, 7) is 4.35. The minimum atomic E-state index is -0.689. The molecule has 1 aromatic carbocycles. The number of alkyl halides is 2. The monoisotopic (exact) mass is 452 g/mol. The van der Waals surface area contributed by atoms with E-state index in [1.165, 1.54) is 34.6 Å². The highest BCUT2D eigenvalue weighted by Gasteiger charge is 2.46. The molecule has 0 saturated heterocycles. The normalized spacial score (nSPS) is 22.1. The van der Waals surface area contributed by atoms with Crippen molar-refractivity contribution in [2.24, 2.45) is 5.92 Å². The number of unbranched alkanes of at least 4 members (excludes halogenated alkanes) is 2. The maximum absolute atomic E-state index is 10.4. The van der Waals surface area contributed by atoms with Crippen LogP contribution in [0.2, 0.25) is 0 Å². The van der Waals surface area contributed by atoms with Crippen molar-refractivity contribution in [1.29, 1.82) is 0 Å². The molecule has 0 amide bonds. The Balaban J connectivity index is 1.62. The first-order valence-corrected chi connectivity index (χ1v) is 12.7. The van der Waals surface area contributed by atoms with Gasteiger partial charge in [0, 0.05) is 15.7 Å². The fourth-order valence-electron chi connectivity index (χ4n) is 4.71. The van der Waals surface area contributed by atoms with Crippen molar-refractivity contribution in [2.75, 3.05) is 0 Å². The summed E-state index contributed by atoms with van der Waals surface area (Å²) in [6.07, 6.45) is 9.29. The number of rotatable bonds is 10. The summed E-state index contributed by atoms with van der Waals surface area (Å²) >= 11 is 15.4. The van der Waals surface area contributed by atoms with Crippen LogP contribution in [-0.4, -0.2) is 9.44 Å². The lowest BCUT2D eigenvalue weighted by Crippen LogP contribution is -2.21. The molecule has 1 heterocycles. The Morgan fingerprint density at radius 3 is 2.52 bits per heavy atom. The van der Waals surface area contributed by atoms with Crippen LogP contribution >= 0.6 is 34.5 Å². The van der Waals surface area contributed by atoms with Gasteiger partial charge < -0.3 is 5.11 Å². The van der Waals surface area contributed by atoms with Crippen LogP contribution in [0.25, 0.3) is 0 Å². The Kier molecular flexibility index (Phi) is 8.51. The average Bonchev–Trinajstić information content (AvgIpc) is 3.24. The van der Waals surface area contributed by atoms with Gasteiger partial charge in [-0.25, -0.2) is 0 Å². The van der Waals surface area contributed by atoms with Crippen LogP contribution < -0.4 is 0 Å². The highest BCUT2D eigenvalue weighted by atomic mass is 35.5. The van der Waals surface area contributed by atoms with Crippen molar-refractivity contribution in [3.63, 3.8) is 0 Å². The summed E-state index contributed by atoms with van der Waals surface area (Å²) in [5, 5.41) is 10.4. The lowest BCUT2D eigenvalue weighted by molar-refractivity contribution is 0.163. The molecule has 4 heteroatoms. The van der Waals surface area contributed by atoms with Crippen molar-refractivity contribution in [3.8, 4) is 0 Å². The van der Waals surface area contributed by atoms with Gasteiger partial charge >= 0.3 is 0 Å². The predicted molar refractivity (Wildman–Crippen MR) is 127 cm³/mol. The minimum absolute atomic E-state index is 0.169. The van der Waals surface area contributed by atoms with Crippen molar-refractivity contribution < 1.29 is 5.11 Å². The van der Waals surface area contributed by atoms with Crippen molar-refractivity contribution in [2.45, 2.75) is 88.0 Å². The number of halogens is 2. The fraction of sp³-hybridized carbons (Fsp3) is 0.600. The van der Waals surface area contributed by atoms with E-state index in [4.69, 9.17) is 23.2 Å². The molecule has 1 saturated carbocycles. The zero-order chi connectivity index (χ0) is 20.9. The van der Waals surface area contributed by atoms with Gasteiger partial charge in [0.25, 0.3) is 0 Å². The summed E-state index contributed by atoms with van der Waals surface area (Å²) in [7, 11) is 0. The number of aryl methyl sites for hydroxylation is 2. The molecule has 0 spiro atoms. The molecule has 1 fully saturated rings. The summed E-state index contributed by atoms with van der Waals surface area (Å²) in [6, 6.07) is 12.9. The Hall–Kier alpha value is -0.540. The number of benzene rings is 1. The summed E-state index contributed by atoms with van der Waals surface area (Å²) in [5.41, 5.74) is 2.22. The van der Waals surface area contributed by atoms with E-state index >= 15 is 0 Å². The summed E-state index contributed by atoms with van der Waals surface area (Å²) in [4.78, 5) is 2.86. The zero-order valence-corrected chi connectivity index (χ0v) is 20.0. The highest BCUT2D eigenvalue weighted by molar-refractivity contribution is 7.11. The number of aliphatic hydroxyl groups excluding tert-OH is 1. The Morgan fingerprint density at radius 2 is 1.86 bits per heavy atom. The van der Waals surface area contributed by atoms with E-state index in [2.05, 4.69) is 50.2 Å². The van der Waals surface area contributed by atoms with E-state index in [9.17, 15) is 5.11 Å². The number of hydrogen-bond acceptors (Lipinski definition) is 2. The smallest absolute Gasteiger partial charge is 0.125 e. The Bertz CT molecular complexity index is 752. The highest BCUT2D eigenvalue weighted by Crippen LogP contribution is 2.55. The molecular weight excluding hydrogens is 419 g/mol. The van der Waals surface area contributed by atoms with Gasteiger partial charge in [-0.1, -0.05) is 50.5 Å². The van der Waals surface area contributed by atoms with E-state index in [0.717, 1.165) is 44.1 Å². The van der Waals surface area contributed by atoms with Crippen LogP contribution in [0, 0.1) is 12.8 Å². The van der Waals surface area contributed by atoms with Gasteiger partial charge in [0.05, 0.1) is 6.10 Å². The molecule has 3 atom stereocenters. The van der Waals surface area contributed by atoms with E-state index < -0.39 is 4.33 Å². The molecule has 1 nitrogen and oxygen atoms in total. The first kappa shape index (κ1) is 23.1. The third-order valence-corrected chi connectivity index (χ3v) is 8.24. The lowest BCUT2D eigenvalue weighted by atomic mass is 9.84. The largest absolute Gasteiger partial charge is 0.388 e. The maximum atomic E-state index is 10.4. The standard InChI is InChI=1S/C25H34Cl2OS/c1-3-4-5-9-23(28)19-11-13-21(14-12-19)24-20(16-17-25(24,26)27)7-6-8-22-15-10-18(2)29-22/h10-15,20,23-24,28H,3-9,16-17H2,1-2H3/t20-,23?,24-/m0/s1. The molecule has 0 aliphatic heterocycles. The number of thiophene rings is 1. The quantitative estimate of drug-likeness (QED) is 0.283. The summed E-state index contributed by atoms with van der Waals surface area (Å²) < 4.78 is -0.689. The molecule has 1 aliphatic rings. The van der Waals surface area contributed by atoms with Crippen LogP contribution in [0.4, 0.5) is 0 Å². The van der Waals surface area contributed by atoms with Gasteiger partial charge in [-0.2, -0.15) is 0 Å². The Labute approximate surface area is 190 Å². The van der Waals surface area contributed by atoms with Gasteiger partial charge in [0.15, 0.2) is 0 Å². The molecule has 160 valence electrons. The van der Waals surface area contributed by atoms with Crippen molar-refractivity contribution in [1.82, 2.24) is 0 Å². The molecular formula is C25H34Cl2OS. The zero-order valence-electron chi connectivity index (χ0n) is 17.7. The van der Waals surface area contributed by atoms with Crippen LogP contribution in [0.15, 0.2) is 36.4 Å². The van der Waals surface area contributed by atoms with Crippen LogP contribution in [0.1, 0.15) is 91.2 Å². The predicted octanol–water partition coefficient (Wildman–Crippen LogP) is 8.36. The molecule has 1 N–H and O–H groups in total. The topological polar surface area (TPSA) is 20.2 Å². The summed E-state index contributed by atoms with van der Waals surface area (Å²) in [5.74, 6) is 0.688. The fourth-order valence-corrected chi connectivity index (χ4v) is 6.47. The molecule has 2 aromatic rings. The van der Waals surface area contributed by atoms with Crippen molar-refractivity contribution >= 4 is 34.5 Å². The number of hydrogen-bond donors (Lipinski definition) is 1. The Morgan fingerprint density at radius 1 is 1.10 bits per heavy atom. The average molecular weight is 454 g/mol.